The Kier molecular flexibility index (Phi) is 6.39. The number of hydrogen-bond acceptors (Lipinski definition) is 6. The summed E-state index contributed by atoms with van der Waals surface area (Å²) in [5.41, 5.74) is 4.81. The van der Waals surface area contributed by atoms with Gasteiger partial charge in [-0.15, -0.1) is 5.10 Å². The SMILES string of the molecule is COc1ccc(C)cc1NC(=O)[C@@H](C)OC(=O)c1nn(-c2ccc(C)cc2C)nc1C. The maximum absolute atomic E-state index is 12.7. The van der Waals surface area contributed by atoms with Crippen molar-refractivity contribution in [2.45, 2.75) is 40.7 Å². The molecule has 1 heterocycles. The normalized spacial score (nSPS) is 11.7. The maximum atomic E-state index is 12.7. The second kappa shape index (κ2) is 8.99. The molecule has 0 saturated carbocycles. The topological polar surface area (TPSA) is 95.3 Å². The van der Waals surface area contributed by atoms with Crippen LogP contribution < -0.4 is 10.1 Å². The zero-order valence-electron chi connectivity index (χ0n) is 18.5. The molecule has 1 aromatic heterocycles. The van der Waals surface area contributed by atoms with Gasteiger partial charge in [0.05, 0.1) is 24.2 Å². The Bertz CT molecular complexity index is 1140. The average molecular weight is 422 g/mol. The van der Waals surface area contributed by atoms with E-state index in [1.807, 2.05) is 45.0 Å². The van der Waals surface area contributed by atoms with E-state index in [2.05, 4.69) is 15.5 Å². The summed E-state index contributed by atoms with van der Waals surface area (Å²) in [4.78, 5) is 26.6. The quantitative estimate of drug-likeness (QED) is 0.609. The number of esters is 1. The summed E-state index contributed by atoms with van der Waals surface area (Å²) in [5, 5.41) is 11.4. The van der Waals surface area contributed by atoms with Crippen LogP contribution in [0.1, 0.15) is 39.8 Å². The molecule has 0 spiro atoms. The van der Waals surface area contributed by atoms with E-state index in [9.17, 15) is 9.59 Å². The van der Waals surface area contributed by atoms with Crippen LogP contribution in [0.3, 0.4) is 0 Å². The molecule has 0 aliphatic heterocycles. The number of methoxy groups -OCH3 is 1. The maximum Gasteiger partial charge on any atom is 0.361 e. The molecule has 0 saturated heterocycles. The van der Waals surface area contributed by atoms with Gasteiger partial charge in [0.15, 0.2) is 11.8 Å². The summed E-state index contributed by atoms with van der Waals surface area (Å²) in [7, 11) is 1.52. The van der Waals surface area contributed by atoms with Gasteiger partial charge < -0.3 is 14.8 Å². The van der Waals surface area contributed by atoms with Crippen LogP contribution in [-0.2, 0) is 9.53 Å². The standard InChI is InChI=1S/C23H26N4O4/c1-13-7-9-19(15(3)11-13)27-25-16(4)21(26-27)23(29)31-17(5)22(28)24-18-12-14(2)8-10-20(18)30-6/h7-12,17H,1-6H3,(H,24,28)/t17-/m1/s1. The fourth-order valence-corrected chi connectivity index (χ4v) is 3.13. The van der Waals surface area contributed by atoms with E-state index < -0.39 is 18.0 Å². The van der Waals surface area contributed by atoms with Crippen LogP contribution in [0.2, 0.25) is 0 Å². The first-order chi connectivity index (χ1) is 14.7. The highest BCUT2D eigenvalue weighted by Crippen LogP contribution is 2.25. The van der Waals surface area contributed by atoms with Gasteiger partial charge in [-0.3, -0.25) is 4.79 Å². The molecule has 0 bridgehead atoms. The number of aryl methyl sites for hydroxylation is 4. The van der Waals surface area contributed by atoms with Crippen molar-refractivity contribution in [3.63, 3.8) is 0 Å². The number of amides is 1. The number of anilines is 1. The summed E-state index contributed by atoms with van der Waals surface area (Å²) >= 11 is 0. The van der Waals surface area contributed by atoms with Crippen LogP contribution in [0.4, 0.5) is 5.69 Å². The largest absolute Gasteiger partial charge is 0.495 e. The van der Waals surface area contributed by atoms with Gasteiger partial charge in [0, 0.05) is 0 Å². The van der Waals surface area contributed by atoms with Crippen molar-refractivity contribution in [1.82, 2.24) is 15.0 Å². The molecular weight excluding hydrogens is 396 g/mol. The first kappa shape index (κ1) is 22.0. The van der Waals surface area contributed by atoms with Crippen molar-refractivity contribution in [1.29, 1.82) is 0 Å². The predicted octanol–water partition coefficient (Wildman–Crippen LogP) is 3.69. The highest BCUT2D eigenvalue weighted by Gasteiger charge is 2.24. The van der Waals surface area contributed by atoms with E-state index in [4.69, 9.17) is 9.47 Å². The number of benzene rings is 2. The molecule has 0 aliphatic carbocycles. The number of nitrogens with one attached hydrogen (secondary N) is 1. The van der Waals surface area contributed by atoms with Gasteiger partial charge >= 0.3 is 5.97 Å². The molecule has 0 unspecified atom stereocenters. The second-order valence-corrected chi connectivity index (χ2v) is 7.45. The fraction of sp³-hybridized carbons (Fsp3) is 0.304. The fourth-order valence-electron chi connectivity index (χ4n) is 3.13. The van der Waals surface area contributed by atoms with E-state index in [0.717, 1.165) is 22.4 Å². The smallest absolute Gasteiger partial charge is 0.361 e. The molecule has 3 rings (SSSR count). The Morgan fingerprint density at radius 2 is 1.68 bits per heavy atom. The van der Waals surface area contributed by atoms with Crippen molar-refractivity contribution in [3.05, 3.63) is 64.5 Å². The van der Waals surface area contributed by atoms with Crippen LogP contribution in [0.5, 0.6) is 5.75 Å². The minimum atomic E-state index is -1.04. The van der Waals surface area contributed by atoms with E-state index in [1.165, 1.54) is 18.8 Å². The molecule has 162 valence electrons. The first-order valence-electron chi connectivity index (χ1n) is 9.87. The van der Waals surface area contributed by atoms with Crippen molar-refractivity contribution < 1.29 is 19.1 Å². The second-order valence-electron chi connectivity index (χ2n) is 7.45. The van der Waals surface area contributed by atoms with Crippen LogP contribution in [0.15, 0.2) is 36.4 Å². The number of hydrogen-bond donors (Lipinski definition) is 1. The predicted molar refractivity (Wildman–Crippen MR) is 117 cm³/mol. The Hall–Kier alpha value is -3.68. The van der Waals surface area contributed by atoms with E-state index >= 15 is 0 Å². The highest BCUT2D eigenvalue weighted by molar-refractivity contribution is 5.98. The Labute approximate surface area is 181 Å². The zero-order chi connectivity index (χ0) is 22.7. The Morgan fingerprint density at radius 1 is 1.00 bits per heavy atom. The van der Waals surface area contributed by atoms with Gasteiger partial charge in [-0.05, 0) is 63.9 Å². The molecular formula is C23H26N4O4. The lowest BCUT2D eigenvalue weighted by molar-refractivity contribution is -0.123. The Morgan fingerprint density at radius 3 is 2.35 bits per heavy atom. The third-order valence-corrected chi connectivity index (χ3v) is 4.81. The third-order valence-electron chi connectivity index (χ3n) is 4.81. The molecule has 0 fully saturated rings. The van der Waals surface area contributed by atoms with Crippen LogP contribution in [0.25, 0.3) is 5.69 Å². The number of aromatic nitrogens is 3. The summed E-state index contributed by atoms with van der Waals surface area (Å²) in [6.07, 6.45) is -1.04. The third kappa shape index (κ3) is 4.91. The van der Waals surface area contributed by atoms with Crippen molar-refractivity contribution in [2.75, 3.05) is 12.4 Å². The van der Waals surface area contributed by atoms with E-state index in [-0.39, 0.29) is 5.69 Å². The van der Waals surface area contributed by atoms with Crippen LogP contribution in [0, 0.1) is 27.7 Å². The minimum Gasteiger partial charge on any atom is -0.495 e. The van der Waals surface area contributed by atoms with Gasteiger partial charge in [0.1, 0.15) is 5.75 Å². The number of carbonyl (C=O) groups excluding carboxylic acids is 2. The molecule has 1 N–H and O–H groups in total. The van der Waals surface area contributed by atoms with Crippen LogP contribution in [-0.4, -0.2) is 40.1 Å². The van der Waals surface area contributed by atoms with Crippen molar-refractivity contribution >= 4 is 17.6 Å². The van der Waals surface area contributed by atoms with Crippen molar-refractivity contribution in [2.24, 2.45) is 0 Å². The lowest BCUT2D eigenvalue weighted by Gasteiger charge is -2.15. The lowest BCUT2D eigenvalue weighted by atomic mass is 10.1. The molecule has 0 radical (unpaired) electrons. The average Bonchev–Trinajstić information content (AvgIpc) is 3.09. The first-order valence-corrected chi connectivity index (χ1v) is 9.87. The lowest BCUT2D eigenvalue weighted by Crippen LogP contribution is -2.30. The Balaban J connectivity index is 1.73. The highest BCUT2D eigenvalue weighted by atomic mass is 16.5. The molecule has 1 atom stereocenters. The van der Waals surface area contributed by atoms with Gasteiger partial charge in [-0.25, -0.2) is 4.79 Å². The molecule has 1 amide bonds. The minimum absolute atomic E-state index is 0.0627. The molecule has 3 aromatic rings. The monoisotopic (exact) mass is 422 g/mol. The summed E-state index contributed by atoms with van der Waals surface area (Å²) in [6, 6.07) is 11.3. The number of rotatable bonds is 6. The van der Waals surface area contributed by atoms with Crippen molar-refractivity contribution in [3.8, 4) is 11.4 Å². The number of carbonyl (C=O) groups is 2. The summed E-state index contributed by atoms with van der Waals surface area (Å²) in [6.45, 7) is 9.02. The van der Waals surface area contributed by atoms with Gasteiger partial charge in [0.25, 0.3) is 5.91 Å². The number of nitrogens with zero attached hydrogens (tertiary/aromatic N) is 3. The van der Waals surface area contributed by atoms with E-state index in [1.54, 1.807) is 19.1 Å². The van der Waals surface area contributed by atoms with Gasteiger partial charge in [-0.2, -0.15) is 9.90 Å². The molecule has 31 heavy (non-hydrogen) atoms. The molecule has 0 aliphatic rings. The molecule has 8 nitrogen and oxygen atoms in total. The summed E-state index contributed by atoms with van der Waals surface area (Å²) < 4.78 is 10.6. The molecule has 2 aromatic carbocycles. The summed E-state index contributed by atoms with van der Waals surface area (Å²) in [5.74, 6) is -0.672. The number of ether oxygens (including phenoxy) is 2. The zero-order valence-corrected chi connectivity index (χ0v) is 18.5. The van der Waals surface area contributed by atoms with E-state index in [0.29, 0.717) is 17.1 Å². The molecule has 8 heteroatoms. The van der Waals surface area contributed by atoms with Crippen LogP contribution >= 0.6 is 0 Å². The van der Waals surface area contributed by atoms with Gasteiger partial charge in [-0.1, -0.05) is 23.8 Å². The van der Waals surface area contributed by atoms with Gasteiger partial charge in [0.2, 0.25) is 0 Å².